The third kappa shape index (κ3) is 3.88. The number of anilines is 1. The van der Waals surface area contributed by atoms with E-state index in [2.05, 4.69) is 0 Å². The Bertz CT molecular complexity index is 910. The molecular weight excluding hydrogens is 358 g/mol. The highest BCUT2D eigenvalue weighted by molar-refractivity contribution is 6.00. The molecule has 1 saturated heterocycles. The molecule has 0 radical (unpaired) electrons. The zero-order valence-electron chi connectivity index (χ0n) is 16.2. The van der Waals surface area contributed by atoms with Gasteiger partial charge in [0.2, 0.25) is 11.8 Å². The highest BCUT2D eigenvalue weighted by atomic mass is 16.6. The van der Waals surface area contributed by atoms with Gasteiger partial charge in [0.05, 0.1) is 16.9 Å². The Hall–Kier alpha value is -3.22. The third-order valence-electron chi connectivity index (χ3n) is 5.31. The summed E-state index contributed by atoms with van der Waals surface area (Å²) in [6.45, 7) is 4.14. The summed E-state index contributed by atoms with van der Waals surface area (Å²) >= 11 is 0. The first-order chi connectivity index (χ1) is 13.3. The van der Waals surface area contributed by atoms with Gasteiger partial charge in [-0.15, -0.1) is 0 Å². The minimum Gasteiger partial charge on any atom is -0.339 e. The van der Waals surface area contributed by atoms with E-state index in [9.17, 15) is 19.7 Å². The van der Waals surface area contributed by atoms with Gasteiger partial charge < -0.3 is 9.80 Å². The zero-order valence-corrected chi connectivity index (χ0v) is 16.2. The van der Waals surface area contributed by atoms with E-state index < -0.39 is 10.8 Å². The maximum absolute atomic E-state index is 13.0. The van der Waals surface area contributed by atoms with Crippen LogP contribution in [0.3, 0.4) is 0 Å². The molecule has 0 saturated carbocycles. The largest absolute Gasteiger partial charge is 0.339 e. The predicted molar refractivity (Wildman–Crippen MR) is 106 cm³/mol. The first-order valence-electron chi connectivity index (χ1n) is 9.16. The molecule has 1 aliphatic rings. The summed E-state index contributed by atoms with van der Waals surface area (Å²) in [5, 5.41) is 11.0. The molecule has 1 heterocycles. The van der Waals surface area contributed by atoms with Crippen molar-refractivity contribution in [2.45, 2.75) is 26.3 Å². The van der Waals surface area contributed by atoms with Crippen molar-refractivity contribution in [2.24, 2.45) is 5.92 Å². The van der Waals surface area contributed by atoms with Gasteiger partial charge in [0.1, 0.15) is 0 Å². The fourth-order valence-electron chi connectivity index (χ4n) is 3.45. The number of rotatable bonds is 5. The summed E-state index contributed by atoms with van der Waals surface area (Å²) in [4.78, 5) is 39.2. The minimum absolute atomic E-state index is 0.00760. The second kappa shape index (κ2) is 7.80. The average Bonchev–Trinajstić information content (AvgIpc) is 3.08. The van der Waals surface area contributed by atoms with Gasteiger partial charge in [-0.05, 0) is 31.5 Å². The zero-order chi connectivity index (χ0) is 20.4. The van der Waals surface area contributed by atoms with Crippen molar-refractivity contribution < 1.29 is 14.5 Å². The number of nitro benzene ring substituents is 1. The minimum atomic E-state index is -0.451. The SMILES string of the molecule is Cc1ccc(N2CC(C(=O)N(C)C(C)c3cccc([N+](=O)[O-])c3)CC2=O)cc1. The molecule has 7 nitrogen and oxygen atoms in total. The lowest BCUT2D eigenvalue weighted by Crippen LogP contribution is -2.36. The van der Waals surface area contributed by atoms with Gasteiger partial charge in [-0.2, -0.15) is 0 Å². The molecule has 7 heteroatoms. The molecule has 146 valence electrons. The number of benzene rings is 2. The number of hydrogen-bond acceptors (Lipinski definition) is 4. The molecule has 28 heavy (non-hydrogen) atoms. The highest BCUT2D eigenvalue weighted by Gasteiger charge is 2.37. The maximum Gasteiger partial charge on any atom is 0.269 e. The van der Waals surface area contributed by atoms with Gasteiger partial charge in [0, 0.05) is 37.8 Å². The molecule has 3 rings (SSSR count). The van der Waals surface area contributed by atoms with Crippen LogP contribution in [-0.4, -0.2) is 35.2 Å². The van der Waals surface area contributed by atoms with E-state index in [1.54, 1.807) is 29.0 Å². The number of nitro groups is 1. The van der Waals surface area contributed by atoms with Crippen molar-refractivity contribution in [1.29, 1.82) is 0 Å². The van der Waals surface area contributed by atoms with E-state index in [-0.39, 0.29) is 30.0 Å². The van der Waals surface area contributed by atoms with Crippen LogP contribution in [0.4, 0.5) is 11.4 Å². The Balaban J connectivity index is 1.73. The predicted octanol–water partition coefficient (Wildman–Crippen LogP) is 3.48. The summed E-state index contributed by atoms with van der Waals surface area (Å²) in [6, 6.07) is 13.6. The first-order valence-corrected chi connectivity index (χ1v) is 9.16. The van der Waals surface area contributed by atoms with Crippen LogP contribution in [0, 0.1) is 23.0 Å². The van der Waals surface area contributed by atoms with E-state index in [0.717, 1.165) is 11.3 Å². The molecule has 0 N–H and O–H groups in total. The average molecular weight is 381 g/mol. The second-order valence-corrected chi connectivity index (χ2v) is 7.22. The van der Waals surface area contributed by atoms with Crippen LogP contribution in [0.15, 0.2) is 48.5 Å². The fraction of sp³-hybridized carbons (Fsp3) is 0.333. The van der Waals surface area contributed by atoms with Crippen LogP contribution >= 0.6 is 0 Å². The van der Waals surface area contributed by atoms with E-state index in [1.165, 1.54) is 12.1 Å². The smallest absolute Gasteiger partial charge is 0.269 e. The van der Waals surface area contributed by atoms with Gasteiger partial charge in [-0.25, -0.2) is 0 Å². The molecular formula is C21H23N3O4. The van der Waals surface area contributed by atoms with Gasteiger partial charge >= 0.3 is 0 Å². The van der Waals surface area contributed by atoms with E-state index in [1.807, 2.05) is 38.1 Å². The molecule has 0 aliphatic carbocycles. The normalized spacial score (nSPS) is 17.5. The van der Waals surface area contributed by atoms with Gasteiger partial charge in [-0.1, -0.05) is 29.8 Å². The molecule has 2 aromatic carbocycles. The highest BCUT2D eigenvalue weighted by Crippen LogP contribution is 2.29. The number of nitrogens with zero attached hydrogens (tertiary/aromatic N) is 3. The van der Waals surface area contributed by atoms with Crippen molar-refractivity contribution >= 4 is 23.2 Å². The molecule has 2 amide bonds. The van der Waals surface area contributed by atoms with E-state index in [4.69, 9.17) is 0 Å². The third-order valence-corrected chi connectivity index (χ3v) is 5.31. The molecule has 0 bridgehead atoms. The number of carbonyl (C=O) groups is 2. The molecule has 0 aromatic heterocycles. The summed E-state index contributed by atoms with van der Waals surface area (Å²) in [6.07, 6.45) is 0.165. The van der Waals surface area contributed by atoms with Crippen LogP contribution in [0.1, 0.15) is 30.5 Å². The van der Waals surface area contributed by atoms with Crippen molar-refractivity contribution in [3.05, 3.63) is 69.8 Å². The standard InChI is InChI=1S/C21H23N3O4/c1-14-7-9-18(10-8-14)23-13-17(12-20(23)25)21(26)22(3)15(2)16-5-4-6-19(11-16)24(27)28/h4-11,15,17H,12-13H2,1-3H3. The lowest BCUT2D eigenvalue weighted by atomic mass is 10.0. The van der Waals surface area contributed by atoms with Gasteiger partial charge in [-0.3, -0.25) is 19.7 Å². The van der Waals surface area contributed by atoms with E-state index >= 15 is 0 Å². The first kappa shape index (κ1) is 19.5. The van der Waals surface area contributed by atoms with E-state index in [0.29, 0.717) is 12.1 Å². The van der Waals surface area contributed by atoms with Crippen LogP contribution in [0.25, 0.3) is 0 Å². The quantitative estimate of drug-likeness (QED) is 0.586. The van der Waals surface area contributed by atoms with Gasteiger partial charge in [0.25, 0.3) is 5.69 Å². The summed E-state index contributed by atoms with van der Waals surface area (Å²) in [5.74, 6) is -0.638. The molecule has 2 unspecified atom stereocenters. The van der Waals surface area contributed by atoms with Crippen LogP contribution in [-0.2, 0) is 9.59 Å². The Morgan fingerprint density at radius 1 is 1.25 bits per heavy atom. The molecule has 2 atom stereocenters. The lowest BCUT2D eigenvalue weighted by molar-refractivity contribution is -0.384. The van der Waals surface area contributed by atoms with Crippen molar-refractivity contribution in [3.8, 4) is 0 Å². The summed E-state index contributed by atoms with van der Waals surface area (Å²) in [5.41, 5.74) is 2.57. The Morgan fingerprint density at radius 2 is 1.93 bits per heavy atom. The van der Waals surface area contributed by atoms with Crippen LogP contribution < -0.4 is 4.90 Å². The Morgan fingerprint density at radius 3 is 2.57 bits per heavy atom. The lowest BCUT2D eigenvalue weighted by Gasteiger charge is -2.27. The number of amides is 2. The maximum atomic E-state index is 13.0. The van der Waals surface area contributed by atoms with Crippen molar-refractivity contribution in [3.63, 3.8) is 0 Å². The van der Waals surface area contributed by atoms with Gasteiger partial charge in [0.15, 0.2) is 0 Å². The molecule has 0 spiro atoms. The summed E-state index contributed by atoms with van der Waals surface area (Å²) < 4.78 is 0. The number of aryl methyl sites for hydroxylation is 1. The number of hydrogen-bond donors (Lipinski definition) is 0. The van der Waals surface area contributed by atoms with Crippen LogP contribution in [0.2, 0.25) is 0 Å². The Kier molecular flexibility index (Phi) is 5.44. The molecule has 1 aliphatic heterocycles. The monoisotopic (exact) mass is 381 g/mol. The van der Waals surface area contributed by atoms with Crippen molar-refractivity contribution in [1.82, 2.24) is 4.90 Å². The van der Waals surface area contributed by atoms with Crippen molar-refractivity contribution in [2.75, 3.05) is 18.5 Å². The number of carbonyl (C=O) groups excluding carboxylic acids is 2. The summed E-state index contributed by atoms with van der Waals surface area (Å²) in [7, 11) is 1.67. The topological polar surface area (TPSA) is 83.8 Å². The molecule has 2 aromatic rings. The molecule has 1 fully saturated rings. The second-order valence-electron chi connectivity index (χ2n) is 7.22. The Labute approximate surface area is 163 Å². The van der Waals surface area contributed by atoms with Crippen LogP contribution in [0.5, 0.6) is 0 Å². The number of non-ortho nitro benzene ring substituents is 1. The fourth-order valence-corrected chi connectivity index (χ4v) is 3.45.